The molecular weight excluding hydrogens is 150 g/mol. The second-order valence-electron chi connectivity index (χ2n) is 4.28. The van der Waals surface area contributed by atoms with Crippen molar-refractivity contribution in [1.82, 2.24) is 4.90 Å². The van der Waals surface area contributed by atoms with Crippen LogP contribution in [-0.4, -0.2) is 36.2 Å². The first kappa shape index (κ1) is 10.0. The molecule has 72 valence electrons. The molecular formula is C10H21NO. The van der Waals surface area contributed by atoms with Crippen molar-refractivity contribution in [3.05, 3.63) is 0 Å². The molecule has 0 aromatic carbocycles. The summed E-state index contributed by atoms with van der Waals surface area (Å²) in [6.07, 6.45) is 1.21. The van der Waals surface area contributed by atoms with Crippen molar-refractivity contribution in [2.24, 2.45) is 0 Å². The molecule has 2 heteroatoms. The van der Waals surface area contributed by atoms with Gasteiger partial charge in [-0.05, 0) is 27.2 Å². The molecule has 1 aliphatic rings. The predicted octanol–water partition coefficient (Wildman–Crippen LogP) is 1.90. The molecule has 12 heavy (non-hydrogen) atoms. The molecule has 0 radical (unpaired) electrons. The Balaban J connectivity index is 2.58. The van der Waals surface area contributed by atoms with Gasteiger partial charge in [-0.15, -0.1) is 0 Å². The minimum absolute atomic E-state index is 0.337. The predicted molar refractivity (Wildman–Crippen MR) is 51.4 cm³/mol. The summed E-state index contributed by atoms with van der Waals surface area (Å²) >= 11 is 0. The molecule has 0 bridgehead atoms. The maximum absolute atomic E-state index is 5.41. The van der Waals surface area contributed by atoms with Gasteiger partial charge in [-0.3, -0.25) is 4.90 Å². The third-order valence-electron chi connectivity index (χ3n) is 3.01. The van der Waals surface area contributed by atoms with Crippen LogP contribution < -0.4 is 0 Å². The van der Waals surface area contributed by atoms with E-state index in [0.29, 0.717) is 11.6 Å². The van der Waals surface area contributed by atoms with Crippen LogP contribution in [0.3, 0.4) is 0 Å². The number of ether oxygens (including phenoxy) is 1. The van der Waals surface area contributed by atoms with Crippen LogP contribution in [0.4, 0.5) is 0 Å². The Morgan fingerprint density at radius 1 is 1.50 bits per heavy atom. The molecule has 0 saturated carbocycles. The van der Waals surface area contributed by atoms with Crippen molar-refractivity contribution in [3.8, 4) is 0 Å². The highest BCUT2D eigenvalue weighted by Crippen LogP contribution is 2.22. The molecule has 1 heterocycles. The van der Waals surface area contributed by atoms with E-state index in [1.54, 1.807) is 0 Å². The summed E-state index contributed by atoms with van der Waals surface area (Å²) < 4.78 is 5.41. The zero-order chi connectivity index (χ0) is 9.19. The second-order valence-corrected chi connectivity index (χ2v) is 4.28. The van der Waals surface area contributed by atoms with Crippen LogP contribution in [-0.2, 0) is 4.74 Å². The molecule has 0 spiro atoms. The summed E-state index contributed by atoms with van der Waals surface area (Å²) in [6, 6.07) is 0.577. The van der Waals surface area contributed by atoms with Crippen molar-refractivity contribution in [1.29, 1.82) is 0 Å². The summed E-state index contributed by atoms with van der Waals surface area (Å²) in [5.41, 5.74) is 0.337. The van der Waals surface area contributed by atoms with Gasteiger partial charge < -0.3 is 4.74 Å². The molecule has 1 fully saturated rings. The van der Waals surface area contributed by atoms with E-state index >= 15 is 0 Å². The minimum Gasteiger partial charge on any atom is -0.379 e. The van der Waals surface area contributed by atoms with Crippen LogP contribution in [0, 0.1) is 0 Å². The standard InChI is InChI=1S/C10H21NO/c1-5-10(3,4)11-6-7-12-8-9(11)2/h9H,5-8H2,1-4H3/t9-/m1/s1. The Morgan fingerprint density at radius 3 is 2.67 bits per heavy atom. The lowest BCUT2D eigenvalue weighted by Crippen LogP contribution is -2.54. The Hall–Kier alpha value is -0.0800. The van der Waals surface area contributed by atoms with Gasteiger partial charge in [0.05, 0.1) is 13.2 Å². The number of rotatable bonds is 2. The van der Waals surface area contributed by atoms with Gasteiger partial charge in [0.15, 0.2) is 0 Å². The average Bonchev–Trinajstić information content (AvgIpc) is 2.05. The van der Waals surface area contributed by atoms with Gasteiger partial charge in [0.1, 0.15) is 0 Å². The highest BCUT2D eigenvalue weighted by molar-refractivity contribution is 4.85. The molecule has 0 aromatic rings. The van der Waals surface area contributed by atoms with E-state index in [9.17, 15) is 0 Å². The molecule has 2 nitrogen and oxygen atoms in total. The molecule has 1 saturated heterocycles. The summed E-state index contributed by atoms with van der Waals surface area (Å²) in [6.45, 7) is 12.0. The Morgan fingerprint density at radius 2 is 2.17 bits per heavy atom. The Bertz CT molecular complexity index is 145. The van der Waals surface area contributed by atoms with Crippen LogP contribution in [0.15, 0.2) is 0 Å². The van der Waals surface area contributed by atoms with Gasteiger partial charge in [0.25, 0.3) is 0 Å². The van der Waals surface area contributed by atoms with E-state index in [4.69, 9.17) is 4.74 Å². The maximum Gasteiger partial charge on any atom is 0.0620 e. The lowest BCUT2D eigenvalue weighted by atomic mass is 9.97. The monoisotopic (exact) mass is 171 g/mol. The molecule has 0 N–H and O–H groups in total. The first-order valence-electron chi connectivity index (χ1n) is 4.92. The fourth-order valence-corrected chi connectivity index (χ4v) is 1.83. The summed E-state index contributed by atoms with van der Waals surface area (Å²) in [5, 5.41) is 0. The fourth-order valence-electron chi connectivity index (χ4n) is 1.83. The van der Waals surface area contributed by atoms with Crippen LogP contribution >= 0.6 is 0 Å². The van der Waals surface area contributed by atoms with Gasteiger partial charge >= 0.3 is 0 Å². The summed E-state index contributed by atoms with van der Waals surface area (Å²) in [7, 11) is 0. The molecule has 0 amide bonds. The van der Waals surface area contributed by atoms with Gasteiger partial charge in [-0.25, -0.2) is 0 Å². The topological polar surface area (TPSA) is 12.5 Å². The van der Waals surface area contributed by atoms with E-state index in [0.717, 1.165) is 19.8 Å². The van der Waals surface area contributed by atoms with Gasteiger partial charge in [0, 0.05) is 18.1 Å². The molecule has 1 aliphatic heterocycles. The molecule has 0 aliphatic carbocycles. The lowest BCUT2D eigenvalue weighted by molar-refractivity contribution is -0.0488. The molecule has 0 aromatic heterocycles. The lowest BCUT2D eigenvalue weighted by Gasteiger charge is -2.44. The summed E-state index contributed by atoms with van der Waals surface area (Å²) in [4.78, 5) is 2.55. The van der Waals surface area contributed by atoms with Crippen LogP contribution in [0.1, 0.15) is 34.1 Å². The zero-order valence-corrected chi connectivity index (χ0v) is 8.76. The number of nitrogens with zero attached hydrogens (tertiary/aromatic N) is 1. The van der Waals surface area contributed by atoms with Crippen molar-refractivity contribution < 1.29 is 4.74 Å². The van der Waals surface area contributed by atoms with Gasteiger partial charge in [0.2, 0.25) is 0 Å². The first-order chi connectivity index (χ1) is 5.58. The minimum atomic E-state index is 0.337. The zero-order valence-electron chi connectivity index (χ0n) is 8.76. The Kier molecular flexibility index (Phi) is 3.13. The SMILES string of the molecule is CCC(C)(C)N1CCOC[C@H]1C. The van der Waals surface area contributed by atoms with E-state index < -0.39 is 0 Å². The van der Waals surface area contributed by atoms with Gasteiger partial charge in [-0.1, -0.05) is 6.92 Å². The third-order valence-corrected chi connectivity index (χ3v) is 3.01. The van der Waals surface area contributed by atoms with E-state index in [1.165, 1.54) is 6.42 Å². The van der Waals surface area contributed by atoms with Gasteiger partial charge in [-0.2, -0.15) is 0 Å². The quantitative estimate of drug-likeness (QED) is 0.629. The summed E-state index contributed by atoms with van der Waals surface area (Å²) in [5.74, 6) is 0. The van der Waals surface area contributed by atoms with Crippen molar-refractivity contribution in [2.45, 2.75) is 45.7 Å². The van der Waals surface area contributed by atoms with Crippen molar-refractivity contribution >= 4 is 0 Å². The van der Waals surface area contributed by atoms with Crippen molar-refractivity contribution in [3.63, 3.8) is 0 Å². The van der Waals surface area contributed by atoms with Crippen molar-refractivity contribution in [2.75, 3.05) is 19.8 Å². The normalized spacial score (nSPS) is 27.5. The number of morpholine rings is 1. The largest absolute Gasteiger partial charge is 0.379 e. The number of hydrogen-bond acceptors (Lipinski definition) is 2. The second kappa shape index (κ2) is 3.75. The molecule has 1 rings (SSSR count). The maximum atomic E-state index is 5.41. The smallest absolute Gasteiger partial charge is 0.0620 e. The first-order valence-corrected chi connectivity index (χ1v) is 4.92. The number of hydrogen-bond donors (Lipinski definition) is 0. The Labute approximate surface area is 75.9 Å². The third kappa shape index (κ3) is 1.99. The fraction of sp³-hybridized carbons (Fsp3) is 1.00. The van der Waals surface area contributed by atoms with E-state index in [-0.39, 0.29) is 0 Å². The van der Waals surface area contributed by atoms with E-state index in [1.807, 2.05) is 0 Å². The molecule has 1 atom stereocenters. The van der Waals surface area contributed by atoms with Crippen LogP contribution in [0.2, 0.25) is 0 Å². The average molecular weight is 171 g/mol. The highest BCUT2D eigenvalue weighted by Gasteiger charge is 2.30. The molecule has 0 unspecified atom stereocenters. The van der Waals surface area contributed by atoms with E-state index in [2.05, 4.69) is 32.6 Å². The van der Waals surface area contributed by atoms with Crippen LogP contribution in [0.25, 0.3) is 0 Å². The highest BCUT2D eigenvalue weighted by atomic mass is 16.5. The van der Waals surface area contributed by atoms with Crippen LogP contribution in [0.5, 0.6) is 0 Å².